The largest absolute Gasteiger partial charge is 0.455 e. The van der Waals surface area contributed by atoms with E-state index in [1.54, 1.807) is 44.4 Å². The first-order valence-electron chi connectivity index (χ1n) is 6.17. The number of urea groups is 1. The Balaban J connectivity index is 2.28. The van der Waals surface area contributed by atoms with Gasteiger partial charge in [-0.15, -0.1) is 0 Å². The van der Waals surface area contributed by atoms with Crippen LogP contribution in [0.1, 0.15) is 0 Å². The molecule has 0 aromatic heterocycles. The second kappa shape index (κ2) is 6.45. The van der Waals surface area contributed by atoms with Gasteiger partial charge in [-0.3, -0.25) is 0 Å². The van der Waals surface area contributed by atoms with Gasteiger partial charge >= 0.3 is 6.03 Å². The van der Waals surface area contributed by atoms with Crippen LogP contribution in [-0.2, 0) is 0 Å². The smallest absolute Gasteiger partial charge is 0.321 e. The third kappa shape index (κ3) is 3.86. The molecule has 21 heavy (non-hydrogen) atoms. The van der Waals surface area contributed by atoms with Gasteiger partial charge in [0.25, 0.3) is 0 Å². The summed E-state index contributed by atoms with van der Waals surface area (Å²) in [6.45, 7) is 0. The molecule has 0 bridgehead atoms. The SMILES string of the molecule is CN(C)C(=O)Nc1c(F)cccc1Oc1ccc(Cl)cc1. The van der Waals surface area contributed by atoms with E-state index in [4.69, 9.17) is 16.3 Å². The average Bonchev–Trinajstić information content (AvgIpc) is 2.44. The Morgan fingerprint density at radius 1 is 1.19 bits per heavy atom. The van der Waals surface area contributed by atoms with Crippen molar-refractivity contribution < 1.29 is 13.9 Å². The third-order valence-electron chi connectivity index (χ3n) is 2.65. The molecule has 0 aliphatic rings. The summed E-state index contributed by atoms with van der Waals surface area (Å²) in [5.74, 6) is 0.134. The van der Waals surface area contributed by atoms with Gasteiger partial charge in [-0.05, 0) is 36.4 Å². The summed E-state index contributed by atoms with van der Waals surface area (Å²) in [6, 6.07) is 10.5. The van der Waals surface area contributed by atoms with Crippen LogP contribution in [0.5, 0.6) is 11.5 Å². The summed E-state index contributed by atoms with van der Waals surface area (Å²) in [6.07, 6.45) is 0. The highest BCUT2D eigenvalue weighted by molar-refractivity contribution is 6.30. The number of hydrogen-bond donors (Lipinski definition) is 1. The normalized spacial score (nSPS) is 10.1. The fourth-order valence-corrected chi connectivity index (χ4v) is 1.69. The van der Waals surface area contributed by atoms with Gasteiger partial charge in [-0.2, -0.15) is 0 Å². The molecule has 0 fully saturated rings. The number of hydrogen-bond acceptors (Lipinski definition) is 2. The highest BCUT2D eigenvalue weighted by atomic mass is 35.5. The molecule has 0 atom stereocenters. The van der Waals surface area contributed by atoms with Crippen molar-refractivity contribution in [3.8, 4) is 11.5 Å². The number of ether oxygens (including phenoxy) is 1. The molecule has 6 heteroatoms. The maximum Gasteiger partial charge on any atom is 0.321 e. The van der Waals surface area contributed by atoms with Crippen LogP contribution in [0.2, 0.25) is 5.02 Å². The Morgan fingerprint density at radius 3 is 2.48 bits per heavy atom. The van der Waals surface area contributed by atoms with Crippen LogP contribution >= 0.6 is 11.6 Å². The van der Waals surface area contributed by atoms with E-state index in [-0.39, 0.29) is 11.4 Å². The second-order valence-corrected chi connectivity index (χ2v) is 4.93. The van der Waals surface area contributed by atoms with E-state index < -0.39 is 11.8 Å². The predicted molar refractivity (Wildman–Crippen MR) is 80.6 cm³/mol. The van der Waals surface area contributed by atoms with Crippen molar-refractivity contribution in [2.45, 2.75) is 0 Å². The zero-order valence-corrected chi connectivity index (χ0v) is 12.3. The minimum atomic E-state index is -0.573. The molecular weight excluding hydrogens is 295 g/mol. The van der Waals surface area contributed by atoms with Gasteiger partial charge in [0.15, 0.2) is 11.6 Å². The number of nitrogens with zero attached hydrogens (tertiary/aromatic N) is 1. The molecular formula is C15H14ClFN2O2. The molecule has 0 saturated carbocycles. The van der Waals surface area contributed by atoms with Crippen molar-refractivity contribution >= 4 is 23.3 Å². The zero-order chi connectivity index (χ0) is 15.4. The number of amides is 2. The molecule has 110 valence electrons. The number of para-hydroxylation sites is 1. The first kappa shape index (κ1) is 15.1. The minimum absolute atomic E-state index is 0.00819. The Kier molecular flexibility index (Phi) is 4.65. The number of halogens is 2. The summed E-state index contributed by atoms with van der Waals surface area (Å²) < 4.78 is 19.5. The molecule has 2 rings (SSSR count). The van der Waals surface area contributed by atoms with Crippen LogP contribution in [0, 0.1) is 5.82 Å². The fraction of sp³-hybridized carbons (Fsp3) is 0.133. The van der Waals surface area contributed by atoms with Crippen molar-refractivity contribution in [1.29, 1.82) is 0 Å². The molecule has 0 aliphatic heterocycles. The van der Waals surface area contributed by atoms with E-state index in [1.807, 2.05) is 0 Å². The molecule has 2 aromatic carbocycles. The fourth-order valence-electron chi connectivity index (χ4n) is 1.56. The number of benzene rings is 2. The van der Waals surface area contributed by atoms with Crippen molar-refractivity contribution in [2.75, 3.05) is 19.4 Å². The molecule has 2 amide bonds. The first-order valence-corrected chi connectivity index (χ1v) is 6.55. The molecule has 4 nitrogen and oxygen atoms in total. The Bertz CT molecular complexity index is 645. The van der Waals surface area contributed by atoms with Crippen LogP contribution in [0.4, 0.5) is 14.9 Å². The van der Waals surface area contributed by atoms with E-state index in [9.17, 15) is 9.18 Å². The first-order chi connectivity index (χ1) is 9.97. The van der Waals surface area contributed by atoms with E-state index in [1.165, 1.54) is 17.0 Å². The van der Waals surface area contributed by atoms with Crippen molar-refractivity contribution in [1.82, 2.24) is 4.90 Å². The van der Waals surface area contributed by atoms with Crippen LogP contribution in [0.25, 0.3) is 0 Å². The van der Waals surface area contributed by atoms with Crippen LogP contribution in [-0.4, -0.2) is 25.0 Å². The van der Waals surface area contributed by atoms with Crippen molar-refractivity contribution in [3.63, 3.8) is 0 Å². The van der Waals surface area contributed by atoms with Gasteiger partial charge in [0, 0.05) is 19.1 Å². The molecule has 1 N–H and O–H groups in total. The van der Waals surface area contributed by atoms with E-state index >= 15 is 0 Å². The molecule has 0 aliphatic carbocycles. The summed E-state index contributed by atoms with van der Waals surface area (Å²) in [5.41, 5.74) is -0.00819. The molecule has 2 aromatic rings. The molecule has 0 unspecified atom stereocenters. The van der Waals surface area contributed by atoms with Gasteiger partial charge in [-0.1, -0.05) is 17.7 Å². The van der Waals surface area contributed by atoms with Gasteiger partial charge in [0.2, 0.25) is 0 Å². The summed E-state index contributed by atoms with van der Waals surface area (Å²) >= 11 is 5.80. The van der Waals surface area contributed by atoms with Gasteiger partial charge < -0.3 is 15.0 Å². The van der Waals surface area contributed by atoms with Crippen molar-refractivity contribution in [3.05, 3.63) is 53.3 Å². The zero-order valence-electron chi connectivity index (χ0n) is 11.6. The molecule has 0 radical (unpaired) electrons. The Morgan fingerprint density at radius 2 is 1.86 bits per heavy atom. The molecule has 0 heterocycles. The van der Waals surface area contributed by atoms with Crippen molar-refractivity contribution in [2.24, 2.45) is 0 Å². The quantitative estimate of drug-likeness (QED) is 0.915. The molecule has 0 saturated heterocycles. The van der Waals surface area contributed by atoms with Crippen LogP contribution in [0.3, 0.4) is 0 Å². The Labute approximate surface area is 127 Å². The second-order valence-electron chi connectivity index (χ2n) is 4.49. The third-order valence-corrected chi connectivity index (χ3v) is 2.91. The highest BCUT2D eigenvalue weighted by Crippen LogP contribution is 2.32. The van der Waals surface area contributed by atoms with E-state index in [0.717, 1.165) is 0 Å². The van der Waals surface area contributed by atoms with Gasteiger partial charge in [0.1, 0.15) is 11.4 Å². The lowest BCUT2D eigenvalue weighted by Crippen LogP contribution is -2.27. The standard InChI is InChI=1S/C15H14ClFN2O2/c1-19(2)15(20)18-14-12(17)4-3-5-13(14)21-11-8-6-10(16)7-9-11/h3-9H,1-2H3,(H,18,20). The van der Waals surface area contributed by atoms with E-state index in [2.05, 4.69) is 5.32 Å². The lowest BCUT2D eigenvalue weighted by atomic mass is 10.2. The maximum atomic E-state index is 13.9. The number of anilines is 1. The van der Waals surface area contributed by atoms with Gasteiger partial charge in [-0.25, -0.2) is 9.18 Å². The minimum Gasteiger partial charge on any atom is -0.455 e. The number of rotatable bonds is 3. The average molecular weight is 309 g/mol. The predicted octanol–water partition coefficient (Wildman–Crippen LogP) is 4.36. The summed E-state index contributed by atoms with van der Waals surface area (Å²) in [7, 11) is 3.13. The Hall–Kier alpha value is -2.27. The van der Waals surface area contributed by atoms with Gasteiger partial charge in [0.05, 0.1) is 0 Å². The topological polar surface area (TPSA) is 41.6 Å². The van der Waals surface area contributed by atoms with E-state index in [0.29, 0.717) is 10.8 Å². The monoisotopic (exact) mass is 308 g/mol. The summed E-state index contributed by atoms with van der Waals surface area (Å²) in [4.78, 5) is 13.0. The number of carbonyl (C=O) groups is 1. The lowest BCUT2D eigenvalue weighted by Gasteiger charge is -2.16. The molecule has 0 spiro atoms. The lowest BCUT2D eigenvalue weighted by molar-refractivity contribution is 0.230. The maximum absolute atomic E-state index is 13.9. The number of carbonyl (C=O) groups excluding carboxylic acids is 1. The number of nitrogens with one attached hydrogen (secondary N) is 1. The van der Waals surface area contributed by atoms with Crippen LogP contribution in [0.15, 0.2) is 42.5 Å². The highest BCUT2D eigenvalue weighted by Gasteiger charge is 2.14. The summed E-state index contributed by atoms with van der Waals surface area (Å²) in [5, 5.41) is 3.04. The van der Waals surface area contributed by atoms with Crippen LogP contribution < -0.4 is 10.1 Å².